The Balaban J connectivity index is 1.77. The highest BCUT2D eigenvalue weighted by atomic mass is 16.6. The Hall–Kier alpha value is -3.39. The molecule has 3 atom stereocenters. The van der Waals surface area contributed by atoms with Gasteiger partial charge in [0.25, 0.3) is 0 Å². The van der Waals surface area contributed by atoms with Gasteiger partial charge < -0.3 is 20.1 Å². The first-order valence-electron chi connectivity index (χ1n) is 11.8. The highest BCUT2D eigenvalue weighted by molar-refractivity contribution is 5.91. The monoisotopic (exact) mass is 481 g/mol. The molecular formula is C27H35N3O5. The fourth-order valence-electron chi connectivity index (χ4n) is 4.10. The van der Waals surface area contributed by atoms with Crippen LogP contribution in [0.1, 0.15) is 38.3 Å². The van der Waals surface area contributed by atoms with E-state index in [2.05, 4.69) is 5.32 Å². The van der Waals surface area contributed by atoms with Gasteiger partial charge in [-0.05, 0) is 31.9 Å². The molecular weight excluding hydrogens is 446 g/mol. The third-order valence-electron chi connectivity index (χ3n) is 5.75. The van der Waals surface area contributed by atoms with E-state index in [0.29, 0.717) is 13.0 Å². The molecule has 0 spiro atoms. The van der Waals surface area contributed by atoms with Gasteiger partial charge in [-0.3, -0.25) is 14.5 Å². The zero-order valence-corrected chi connectivity index (χ0v) is 20.8. The highest BCUT2D eigenvalue weighted by Crippen LogP contribution is 2.22. The predicted octanol–water partition coefficient (Wildman–Crippen LogP) is 2.74. The number of nitrogens with zero attached hydrogens (tertiary/aromatic N) is 2. The van der Waals surface area contributed by atoms with E-state index in [1.807, 2.05) is 60.7 Å². The summed E-state index contributed by atoms with van der Waals surface area (Å²) in [5, 5.41) is 13.0. The normalized spacial score (nSPS) is 18.6. The summed E-state index contributed by atoms with van der Waals surface area (Å²) < 4.78 is 5.42. The van der Waals surface area contributed by atoms with Crippen LogP contribution in [0.15, 0.2) is 60.7 Å². The first-order chi connectivity index (χ1) is 16.5. The minimum absolute atomic E-state index is 0.00178. The number of amides is 3. The van der Waals surface area contributed by atoms with Crippen LogP contribution in [0, 0.1) is 0 Å². The topological polar surface area (TPSA) is 99.2 Å². The summed E-state index contributed by atoms with van der Waals surface area (Å²) in [5.41, 5.74) is 1.13. The second kappa shape index (κ2) is 11.4. The largest absolute Gasteiger partial charge is 0.444 e. The summed E-state index contributed by atoms with van der Waals surface area (Å²) in [4.78, 5) is 42.2. The lowest BCUT2D eigenvalue weighted by Gasteiger charge is -2.30. The molecule has 1 fully saturated rings. The second-order valence-electron chi connectivity index (χ2n) is 9.97. The number of likely N-dealkylation sites (tertiary alicyclic amines) is 1. The molecule has 0 radical (unpaired) electrons. The van der Waals surface area contributed by atoms with E-state index in [1.165, 1.54) is 4.90 Å². The number of likely N-dealkylation sites (N-methyl/N-ethyl adjacent to an activating group) is 1. The molecule has 1 saturated heterocycles. The third-order valence-corrected chi connectivity index (χ3v) is 5.75. The Kier molecular flexibility index (Phi) is 8.51. The van der Waals surface area contributed by atoms with Crippen LogP contribution >= 0.6 is 0 Å². The molecule has 2 N–H and O–H groups in total. The van der Waals surface area contributed by atoms with Gasteiger partial charge in [-0.1, -0.05) is 60.7 Å². The zero-order chi connectivity index (χ0) is 25.6. The number of ether oxygens (including phenoxy) is 1. The minimum Gasteiger partial charge on any atom is -0.444 e. The molecule has 0 saturated carbocycles. The number of carbonyl (C=O) groups is 3. The lowest BCUT2D eigenvalue weighted by atomic mass is 10.0. The quantitative estimate of drug-likeness (QED) is 0.634. The zero-order valence-electron chi connectivity index (χ0n) is 20.8. The van der Waals surface area contributed by atoms with Gasteiger partial charge in [0, 0.05) is 26.4 Å². The van der Waals surface area contributed by atoms with E-state index >= 15 is 0 Å². The Morgan fingerprint density at radius 1 is 1.06 bits per heavy atom. The van der Waals surface area contributed by atoms with Crippen LogP contribution in [0.2, 0.25) is 0 Å². The second-order valence-corrected chi connectivity index (χ2v) is 9.97. The van der Waals surface area contributed by atoms with Crippen molar-refractivity contribution in [1.29, 1.82) is 0 Å². The molecule has 188 valence electrons. The van der Waals surface area contributed by atoms with E-state index in [4.69, 9.17) is 4.74 Å². The van der Waals surface area contributed by atoms with E-state index < -0.39 is 35.8 Å². The molecule has 0 aliphatic carbocycles. The standard InChI is InChI=1S/C27H35N3O5/c1-27(2,3)35-26(34)30-18-21(31)16-23(30)24(32)28-22(15-19-11-7-5-8-12-19)25(33)29(4)17-20-13-9-6-10-14-20/h5-14,21-23,31H,15-18H2,1-4H3,(H,28,32)/t21-,22+,23+/m1/s1. The van der Waals surface area contributed by atoms with Crippen LogP contribution in [0.5, 0.6) is 0 Å². The van der Waals surface area contributed by atoms with Gasteiger partial charge in [0.05, 0.1) is 12.6 Å². The van der Waals surface area contributed by atoms with Crippen molar-refractivity contribution in [2.24, 2.45) is 0 Å². The molecule has 0 unspecified atom stereocenters. The van der Waals surface area contributed by atoms with Crippen LogP contribution < -0.4 is 5.32 Å². The number of benzene rings is 2. The molecule has 0 bridgehead atoms. The average molecular weight is 482 g/mol. The van der Waals surface area contributed by atoms with Gasteiger partial charge >= 0.3 is 6.09 Å². The average Bonchev–Trinajstić information content (AvgIpc) is 3.20. The Labute approximate surface area is 206 Å². The molecule has 1 heterocycles. The number of β-amino-alcohol motifs (C(OH)–C–C–N with tert-alkyl or cyclic N) is 1. The van der Waals surface area contributed by atoms with Crippen LogP contribution in [-0.4, -0.2) is 70.2 Å². The number of carbonyl (C=O) groups excluding carboxylic acids is 3. The number of nitrogens with one attached hydrogen (secondary N) is 1. The number of hydrogen-bond donors (Lipinski definition) is 2. The fourth-order valence-corrected chi connectivity index (χ4v) is 4.10. The van der Waals surface area contributed by atoms with E-state index in [0.717, 1.165) is 11.1 Å². The maximum absolute atomic E-state index is 13.4. The van der Waals surface area contributed by atoms with Gasteiger partial charge in [0.2, 0.25) is 11.8 Å². The molecule has 3 rings (SSSR count). The van der Waals surface area contributed by atoms with Gasteiger partial charge in [-0.15, -0.1) is 0 Å². The van der Waals surface area contributed by atoms with Gasteiger partial charge in [0.15, 0.2) is 0 Å². The maximum Gasteiger partial charge on any atom is 0.411 e. The molecule has 3 amide bonds. The fraction of sp³-hybridized carbons (Fsp3) is 0.444. The summed E-state index contributed by atoms with van der Waals surface area (Å²) in [7, 11) is 1.70. The number of aliphatic hydroxyl groups is 1. The molecule has 1 aliphatic rings. The van der Waals surface area contributed by atoms with Crippen molar-refractivity contribution in [2.75, 3.05) is 13.6 Å². The van der Waals surface area contributed by atoms with Crippen LogP contribution in [0.4, 0.5) is 4.79 Å². The lowest BCUT2D eigenvalue weighted by molar-refractivity contribution is -0.137. The lowest BCUT2D eigenvalue weighted by Crippen LogP contribution is -2.54. The number of hydrogen-bond acceptors (Lipinski definition) is 5. The van der Waals surface area contributed by atoms with Crippen molar-refractivity contribution < 1.29 is 24.2 Å². The molecule has 35 heavy (non-hydrogen) atoms. The maximum atomic E-state index is 13.4. The summed E-state index contributed by atoms with van der Waals surface area (Å²) in [5.74, 6) is -0.733. The molecule has 0 aromatic heterocycles. The molecule has 8 nitrogen and oxygen atoms in total. The summed E-state index contributed by atoms with van der Waals surface area (Å²) >= 11 is 0. The van der Waals surface area contributed by atoms with Crippen molar-refractivity contribution in [2.45, 2.75) is 63.9 Å². The molecule has 2 aromatic carbocycles. The van der Waals surface area contributed by atoms with Crippen LogP contribution in [0.25, 0.3) is 0 Å². The van der Waals surface area contributed by atoms with E-state index in [-0.39, 0.29) is 18.9 Å². The van der Waals surface area contributed by atoms with Crippen molar-refractivity contribution in [3.05, 3.63) is 71.8 Å². The first-order valence-corrected chi connectivity index (χ1v) is 11.8. The van der Waals surface area contributed by atoms with Crippen molar-refractivity contribution in [3.8, 4) is 0 Å². The smallest absolute Gasteiger partial charge is 0.411 e. The van der Waals surface area contributed by atoms with Crippen molar-refractivity contribution in [1.82, 2.24) is 15.1 Å². The van der Waals surface area contributed by atoms with Gasteiger partial charge in [-0.2, -0.15) is 0 Å². The summed E-state index contributed by atoms with van der Waals surface area (Å²) in [6.45, 7) is 5.61. The van der Waals surface area contributed by atoms with E-state index in [9.17, 15) is 19.5 Å². The Bertz CT molecular complexity index is 1010. The van der Waals surface area contributed by atoms with Gasteiger partial charge in [0.1, 0.15) is 17.7 Å². The summed E-state index contributed by atoms with van der Waals surface area (Å²) in [6.07, 6.45) is -1.13. The Morgan fingerprint density at radius 2 is 1.63 bits per heavy atom. The molecule has 1 aliphatic heterocycles. The number of rotatable bonds is 7. The summed E-state index contributed by atoms with van der Waals surface area (Å²) in [6, 6.07) is 17.3. The van der Waals surface area contributed by atoms with E-state index in [1.54, 1.807) is 32.7 Å². The predicted molar refractivity (Wildman–Crippen MR) is 132 cm³/mol. The van der Waals surface area contributed by atoms with Crippen molar-refractivity contribution >= 4 is 17.9 Å². The van der Waals surface area contributed by atoms with Crippen LogP contribution in [-0.2, 0) is 27.3 Å². The minimum atomic E-state index is -0.926. The SMILES string of the molecule is CN(Cc1ccccc1)C(=O)[C@H](Cc1ccccc1)NC(=O)[C@@H]1C[C@@H](O)CN1C(=O)OC(C)(C)C. The van der Waals surface area contributed by atoms with Gasteiger partial charge in [-0.25, -0.2) is 4.79 Å². The van der Waals surface area contributed by atoms with Crippen LogP contribution in [0.3, 0.4) is 0 Å². The number of aliphatic hydroxyl groups excluding tert-OH is 1. The van der Waals surface area contributed by atoms with Crippen molar-refractivity contribution in [3.63, 3.8) is 0 Å². The molecule has 8 heteroatoms. The Morgan fingerprint density at radius 3 is 2.20 bits per heavy atom. The molecule has 2 aromatic rings. The highest BCUT2D eigenvalue weighted by Gasteiger charge is 2.42. The first kappa shape index (κ1) is 26.2. The third kappa shape index (κ3) is 7.55.